The second kappa shape index (κ2) is 8.26. The lowest BCUT2D eigenvalue weighted by Crippen LogP contribution is -2.37. The number of ether oxygens (including phenoxy) is 2. The fourth-order valence-corrected chi connectivity index (χ4v) is 1.62. The maximum absolute atomic E-state index is 11.5. The molecule has 0 aliphatic rings. The predicted molar refractivity (Wildman–Crippen MR) is 82.3 cm³/mol. The van der Waals surface area contributed by atoms with Crippen molar-refractivity contribution in [2.24, 2.45) is 0 Å². The molecular weight excluding hydrogens is 286 g/mol. The first kappa shape index (κ1) is 17.8. The molecule has 1 aromatic carbocycles. The van der Waals surface area contributed by atoms with Gasteiger partial charge in [0, 0.05) is 6.54 Å². The number of unbranched alkanes of at least 4 members (excludes halogenated alkanes) is 2. The van der Waals surface area contributed by atoms with Gasteiger partial charge in [0.05, 0.1) is 0 Å². The number of hydrogen-bond donors (Lipinski definition) is 2. The molecule has 6 heteroatoms. The molecule has 0 saturated carbocycles. The first-order valence-corrected chi connectivity index (χ1v) is 7.33. The second-order valence-corrected chi connectivity index (χ2v) is 5.41. The van der Waals surface area contributed by atoms with Crippen molar-refractivity contribution in [2.75, 3.05) is 6.54 Å². The number of hydrogen-bond acceptors (Lipinski definition) is 4. The fourth-order valence-electron chi connectivity index (χ4n) is 1.62. The average Bonchev–Trinajstić information content (AvgIpc) is 2.45. The topological polar surface area (TPSA) is 84.9 Å². The van der Waals surface area contributed by atoms with E-state index in [1.54, 1.807) is 24.3 Å². The highest BCUT2D eigenvalue weighted by Gasteiger charge is 2.29. The quantitative estimate of drug-likeness (QED) is 0.720. The molecule has 0 heterocycles. The van der Waals surface area contributed by atoms with Gasteiger partial charge < -0.3 is 19.9 Å². The molecule has 122 valence electrons. The van der Waals surface area contributed by atoms with Crippen LogP contribution in [-0.2, 0) is 4.79 Å². The first-order valence-electron chi connectivity index (χ1n) is 7.33. The highest BCUT2D eigenvalue weighted by molar-refractivity contribution is 5.76. The number of nitrogens with one attached hydrogen (secondary N) is 1. The summed E-state index contributed by atoms with van der Waals surface area (Å²) in [5, 5.41) is 11.7. The third-order valence-electron chi connectivity index (χ3n) is 2.97. The average molecular weight is 309 g/mol. The van der Waals surface area contributed by atoms with Crippen molar-refractivity contribution in [1.29, 1.82) is 0 Å². The molecular formula is C16H23NO5. The van der Waals surface area contributed by atoms with Gasteiger partial charge >= 0.3 is 12.1 Å². The van der Waals surface area contributed by atoms with Gasteiger partial charge in [0.25, 0.3) is 0 Å². The second-order valence-electron chi connectivity index (χ2n) is 5.41. The molecule has 0 bridgehead atoms. The van der Waals surface area contributed by atoms with Crippen molar-refractivity contribution in [3.05, 3.63) is 24.3 Å². The highest BCUT2D eigenvalue weighted by atomic mass is 16.6. The molecule has 0 fully saturated rings. The molecule has 0 unspecified atom stereocenters. The van der Waals surface area contributed by atoms with Gasteiger partial charge in [-0.15, -0.1) is 0 Å². The zero-order valence-corrected chi connectivity index (χ0v) is 13.2. The van der Waals surface area contributed by atoms with E-state index in [1.165, 1.54) is 13.8 Å². The van der Waals surface area contributed by atoms with E-state index in [1.807, 2.05) is 0 Å². The highest BCUT2D eigenvalue weighted by Crippen LogP contribution is 2.22. The van der Waals surface area contributed by atoms with E-state index in [9.17, 15) is 9.59 Å². The smallest absolute Gasteiger partial charge is 0.412 e. The number of carboxylic acid groups (broad SMARTS) is 1. The van der Waals surface area contributed by atoms with E-state index in [2.05, 4.69) is 12.2 Å². The Morgan fingerprint density at radius 2 is 1.73 bits per heavy atom. The molecule has 1 amide bonds. The number of aliphatic carboxylic acids is 1. The molecule has 2 N–H and O–H groups in total. The Labute approximate surface area is 130 Å². The fraction of sp³-hybridized carbons (Fsp3) is 0.500. The zero-order valence-electron chi connectivity index (χ0n) is 13.2. The molecule has 0 aliphatic carbocycles. The number of carboxylic acids is 1. The summed E-state index contributed by atoms with van der Waals surface area (Å²) in [6.45, 7) is 5.60. The molecule has 1 rings (SSSR count). The molecule has 0 atom stereocenters. The lowest BCUT2D eigenvalue weighted by Gasteiger charge is -2.21. The number of carbonyl (C=O) groups excluding carboxylic acids is 1. The van der Waals surface area contributed by atoms with Crippen molar-refractivity contribution >= 4 is 12.1 Å². The van der Waals surface area contributed by atoms with Crippen LogP contribution in [0.25, 0.3) is 0 Å². The van der Waals surface area contributed by atoms with Crippen LogP contribution in [0.5, 0.6) is 11.5 Å². The largest absolute Gasteiger partial charge is 0.478 e. The number of rotatable bonds is 8. The van der Waals surface area contributed by atoms with Gasteiger partial charge in [0.1, 0.15) is 11.5 Å². The molecule has 0 radical (unpaired) electrons. The first-order chi connectivity index (χ1) is 10.3. The standard InChI is InChI=1S/C16H23NO5/c1-4-5-6-11-17-15(20)21-12-7-9-13(10-8-12)22-16(2,3)14(18)19/h7-10H,4-6,11H2,1-3H3,(H,17,20)(H,18,19). The summed E-state index contributed by atoms with van der Waals surface area (Å²) >= 11 is 0. The lowest BCUT2D eigenvalue weighted by atomic mass is 10.1. The minimum atomic E-state index is -1.32. The van der Waals surface area contributed by atoms with Crippen molar-refractivity contribution in [3.8, 4) is 11.5 Å². The molecule has 1 aromatic rings. The number of amides is 1. The van der Waals surface area contributed by atoms with Crippen molar-refractivity contribution in [2.45, 2.75) is 45.6 Å². The van der Waals surface area contributed by atoms with E-state index in [0.717, 1.165) is 19.3 Å². The summed E-state index contributed by atoms with van der Waals surface area (Å²) in [6, 6.07) is 6.23. The maximum Gasteiger partial charge on any atom is 0.412 e. The van der Waals surface area contributed by atoms with Crippen LogP contribution in [0.2, 0.25) is 0 Å². The maximum atomic E-state index is 11.5. The summed E-state index contributed by atoms with van der Waals surface area (Å²) in [5.74, 6) is -0.295. The van der Waals surface area contributed by atoms with Gasteiger partial charge in [0.15, 0.2) is 5.60 Å². The van der Waals surface area contributed by atoms with Crippen molar-refractivity contribution in [3.63, 3.8) is 0 Å². The SMILES string of the molecule is CCCCCNC(=O)Oc1ccc(OC(C)(C)C(=O)O)cc1. The Balaban J connectivity index is 2.48. The van der Waals surface area contributed by atoms with Gasteiger partial charge in [-0.05, 0) is 44.5 Å². The molecule has 0 spiro atoms. The van der Waals surface area contributed by atoms with Gasteiger partial charge in [-0.25, -0.2) is 9.59 Å². The van der Waals surface area contributed by atoms with Crippen molar-refractivity contribution in [1.82, 2.24) is 5.32 Å². The van der Waals surface area contributed by atoms with E-state index < -0.39 is 17.7 Å². The van der Waals surface area contributed by atoms with Crippen LogP contribution in [0.3, 0.4) is 0 Å². The minimum Gasteiger partial charge on any atom is -0.478 e. The Hall–Kier alpha value is -2.24. The molecule has 22 heavy (non-hydrogen) atoms. The normalized spacial score (nSPS) is 10.9. The molecule has 0 aliphatic heterocycles. The van der Waals surface area contributed by atoms with E-state index in [0.29, 0.717) is 18.0 Å². The van der Waals surface area contributed by atoms with Crippen LogP contribution < -0.4 is 14.8 Å². The van der Waals surface area contributed by atoms with Crippen molar-refractivity contribution < 1.29 is 24.2 Å². The van der Waals surface area contributed by atoms with Gasteiger partial charge in [0.2, 0.25) is 0 Å². The van der Waals surface area contributed by atoms with Crippen LogP contribution in [0.4, 0.5) is 4.79 Å². The Kier molecular flexibility index (Phi) is 6.69. The Morgan fingerprint density at radius 3 is 2.27 bits per heavy atom. The van der Waals surface area contributed by atoms with Crippen LogP contribution in [0.15, 0.2) is 24.3 Å². The van der Waals surface area contributed by atoms with Gasteiger partial charge in [-0.3, -0.25) is 0 Å². The minimum absolute atomic E-state index is 0.369. The molecule has 0 aromatic heterocycles. The summed E-state index contributed by atoms with van der Waals surface area (Å²) in [5.41, 5.74) is -1.32. The lowest BCUT2D eigenvalue weighted by molar-refractivity contribution is -0.152. The summed E-state index contributed by atoms with van der Waals surface area (Å²) in [6.07, 6.45) is 2.56. The summed E-state index contributed by atoms with van der Waals surface area (Å²) < 4.78 is 10.5. The van der Waals surface area contributed by atoms with Crippen LogP contribution in [0, 0.1) is 0 Å². The monoisotopic (exact) mass is 309 g/mol. The Bertz CT molecular complexity index is 496. The van der Waals surface area contributed by atoms with Crippen LogP contribution in [0.1, 0.15) is 40.0 Å². The van der Waals surface area contributed by atoms with Gasteiger partial charge in [-0.1, -0.05) is 19.8 Å². The third-order valence-corrected chi connectivity index (χ3v) is 2.97. The van der Waals surface area contributed by atoms with Crippen LogP contribution in [-0.4, -0.2) is 29.3 Å². The summed E-state index contributed by atoms with van der Waals surface area (Å²) in [4.78, 5) is 22.5. The zero-order chi connectivity index (χ0) is 16.6. The Morgan fingerprint density at radius 1 is 1.14 bits per heavy atom. The third kappa shape index (κ3) is 6.03. The summed E-state index contributed by atoms with van der Waals surface area (Å²) in [7, 11) is 0. The number of carbonyl (C=O) groups is 2. The molecule has 0 saturated heterocycles. The van der Waals surface area contributed by atoms with E-state index in [-0.39, 0.29) is 0 Å². The predicted octanol–water partition coefficient (Wildman–Crippen LogP) is 3.21. The van der Waals surface area contributed by atoms with Gasteiger partial charge in [-0.2, -0.15) is 0 Å². The van der Waals surface area contributed by atoms with Crippen LogP contribution >= 0.6 is 0 Å². The van der Waals surface area contributed by atoms with E-state index in [4.69, 9.17) is 14.6 Å². The molecule has 6 nitrogen and oxygen atoms in total. The van der Waals surface area contributed by atoms with E-state index >= 15 is 0 Å². The number of benzene rings is 1.